The Morgan fingerprint density at radius 1 is 1.42 bits per heavy atom. The van der Waals surface area contributed by atoms with Gasteiger partial charge in [0.15, 0.2) is 0 Å². The molecule has 0 fully saturated rings. The summed E-state index contributed by atoms with van der Waals surface area (Å²) in [5.74, 6) is 0. The van der Waals surface area contributed by atoms with Crippen LogP contribution in [0.1, 0.15) is 20.3 Å². The normalized spacial score (nSPS) is 16.3. The first-order chi connectivity index (χ1) is 5.37. The van der Waals surface area contributed by atoms with Crippen LogP contribution < -0.4 is 0 Å². The molecule has 0 spiro atoms. The maximum Gasteiger partial charge on any atom is 0.0719 e. The average molecular weight is 186 g/mol. The molecular formula is C10H22OSi. The van der Waals surface area contributed by atoms with E-state index in [4.69, 9.17) is 0 Å². The van der Waals surface area contributed by atoms with Gasteiger partial charge in [-0.1, -0.05) is 32.6 Å². The van der Waals surface area contributed by atoms with Crippen LogP contribution in [0.5, 0.6) is 0 Å². The maximum atomic E-state index is 9.46. The van der Waals surface area contributed by atoms with E-state index in [1.807, 2.05) is 6.92 Å². The molecule has 0 saturated carbocycles. The van der Waals surface area contributed by atoms with Gasteiger partial charge in [-0.2, -0.15) is 0 Å². The third-order valence-corrected chi connectivity index (χ3v) is 3.21. The van der Waals surface area contributed by atoms with Crippen molar-refractivity contribution in [3.63, 3.8) is 0 Å². The smallest absolute Gasteiger partial charge is 0.0719 e. The van der Waals surface area contributed by atoms with Crippen LogP contribution in [-0.2, 0) is 0 Å². The SMILES string of the molecule is CC/C=C(\C[Si](C)(C)C)C(C)O. The van der Waals surface area contributed by atoms with Crippen molar-refractivity contribution in [1.82, 2.24) is 0 Å². The van der Waals surface area contributed by atoms with Crippen molar-refractivity contribution in [2.45, 2.75) is 52.1 Å². The van der Waals surface area contributed by atoms with Gasteiger partial charge in [-0.05, 0) is 25.0 Å². The molecule has 0 saturated heterocycles. The lowest BCUT2D eigenvalue weighted by atomic mass is 10.1. The van der Waals surface area contributed by atoms with Gasteiger partial charge in [-0.3, -0.25) is 0 Å². The summed E-state index contributed by atoms with van der Waals surface area (Å²) >= 11 is 0. The Morgan fingerprint density at radius 2 is 1.92 bits per heavy atom. The summed E-state index contributed by atoms with van der Waals surface area (Å²) in [6.45, 7) is 11.0. The average Bonchev–Trinajstić information content (AvgIpc) is 1.83. The number of aliphatic hydroxyl groups is 1. The highest BCUT2D eigenvalue weighted by molar-refractivity contribution is 6.76. The Kier molecular flexibility index (Phi) is 4.79. The third-order valence-electron chi connectivity index (χ3n) is 1.74. The Bertz CT molecular complexity index is 154. The van der Waals surface area contributed by atoms with Crippen molar-refractivity contribution in [2.75, 3.05) is 0 Å². The Morgan fingerprint density at radius 3 is 2.17 bits per heavy atom. The summed E-state index contributed by atoms with van der Waals surface area (Å²) in [6.07, 6.45) is 2.95. The minimum atomic E-state index is -1.05. The molecule has 72 valence electrons. The number of aliphatic hydroxyl groups excluding tert-OH is 1. The summed E-state index contributed by atoms with van der Waals surface area (Å²) in [5, 5.41) is 9.46. The van der Waals surface area contributed by atoms with E-state index in [0.717, 1.165) is 12.5 Å². The van der Waals surface area contributed by atoms with Crippen LogP contribution in [0.2, 0.25) is 25.7 Å². The molecule has 2 heteroatoms. The largest absolute Gasteiger partial charge is 0.389 e. The first kappa shape index (κ1) is 11.9. The Hall–Kier alpha value is -0.0831. The maximum absolute atomic E-state index is 9.46. The van der Waals surface area contributed by atoms with Gasteiger partial charge >= 0.3 is 0 Å². The fraction of sp³-hybridized carbons (Fsp3) is 0.800. The van der Waals surface area contributed by atoms with E-state index in [9.17, 15) is 5.11 Å². The molecule has 0 rings (SSSR count). The molecule has 12 heavy (non-hydrogen) atoms. The van der Waals surface area contributed by atoms with Crippen molar-refractivity contribution in [2.24, 2.45) is 0 Å². The van der Waals surface area contributed by atoms with E-state index < -0.39 is 8.07 Å². The molecule has 0 radical (unpaired) electrons. The first-order valence-electron chi connectivity index (χ1n) is 4.74. The lowest BCUT2D eigenvalue weighted by Gasteiger charge is -2.20. The van der Waals surface area contributed by atoms with Gasteiger partial charge in [-0.15, -0.1) is 0 Å². The molecule has 0 aliphatic heterocycles. The van der Waals surface area contributed by atoms with Crippen LogP contribution in [0.4, 0.5) is 0 Å². The zero-order valence-corrected chi connectivity index (χ0v) is 10.0. The summed E-state index contributed by atoms with van der Waals surface area (Å²) in [6, 6.07) is 1.12. The molecule has 0 aromatic rings. The monoisotopic (exact) mass is 186 g/mol. The van der Waals surface area contributed by atoms with E-state index in [0.29, 0.717) is 0 Å². The third kappa shape index (κ3) is 5.55. The Labute approximate surface area is 77.5 Å². The van der Waals surface area contributed by atoms with E-state index in [-0.39, 0.29) is 6.10 Å². The molecular weight excluding hydrogens is 164 g/mol. The number of hydrogen-bond acceptors (Lipinski definition) is 1. The predicted molar refractivity (Wildman–Crippen MR) is 58.2 cm³/mol. The fourth-order valence-corrected chi connectivity index (χ4v) is 2.93. The van der Waals surface area contributed by atoms with Crippen LogP contribution in [0.25, 0.3) is 0 Å². The van der Waals surface area contributed by atoms with Gasteiger partial charge in [-0.25, -0.2) is 0 Å². The molecule has 1 N–H and O–H groups in total. The lowest BCUT2D eigenvalue weighted by molar-refractivity contribution is 0.231. The fourth-order valence-electron chi connectivity index (χ4n) is 1.26. The molecule has 0 amide bonds. The topological polar surface area (TPSA) is 20.2 Å². The molecule has 1 unspecified atom stereocenters. The minimum absolute atomic E-state index is 0.253. The molecule has 1 atom stereocenters. The molecule has 0 aliphatic rings. The molecule has 0 aliphatic carbocycles. The van der Waals surface area contributed by atoms with Crippen molar-refractivity contribution in [3.8, 4) is 0 Å². The summed E-state index contributed by atoms with van der Waals surface area (Å²) in [7, 11) is -1.05. The first-order valence-corrected chi connectivity index (χ1v) is 8.44. The van der Waals surface area contributed by atoms with E-state index in [2.05, 4.69) is 32.6 Å². The van der Waals surface area contributed by atoms with Crippen molar-refractivity contribution in [1.29, 1.82) is 0 Å². The van der Waals surface area contributed by atoms with Crippen LogP contribution >= 0.6 is 0 Å². The number of hydrogen-bond donors (Lipinski definition) is 1. The quantitative estimate of drug-likeness (QED) is 0.528. The van der Waals surface area contributed by atoms with Crippen LogP contribution in [0.15, 0.2) is 11.6 Å². The van der Waals surface area contributed by atoms with Crippen molar-refractivity contribution in [3.05, 3.63) is 11.6 Å². The number of rotatable bonds is 4. The molecule has 1 nitrogen and oxygen atoms in total. The number of allylic oxidation sites excluding steroid dienone is 1. The van der Waals surface area contributed by atoms with Gasteiger partial charge in [0.25, 0.3) is 0 Å². The van der Waals surface area contributed by atoms with Crippen LogP contribution in [-0.4, -0.2) is 19.3 Å². The van der Waals surface area contributed by atoms with Gasteiger partial charge in [0, 0.05) is 8.07 Å². The highest BCUT2D eigenvalue weighted by Crippen LogP contribution is 2.19. The van der Waals surface area contributed by atoms with E-state index in [1.54, 1.807) is 0 Å². The molecule has 0 bridgehead atoms. The summed E-state index contributed by atoms with van der Waals surface area (Å²) in [4.78, 5) is 0. The van der Waals surface area contributed by atoms with Crippen molar-refractivity contribution < 1.29 is 5.11 Å². The molecule has 0 aromatic heterocycles. The van der Waals surface area contributed by atoms with E-state index >= 15 is 0 Å². The Balaban J connectivity index is 4.25. The minimum Gasteiger partial charge on any atom is -0.389 e. The second kappa shape index (κ2) is 4.82. The van der Waals surface area contributed by atoms with Gasteiger partial charge in [0.1, 0.15) is 0 Å². The molecule has 0 aromatic carbocycles. The van der Waals surface area contributed by atoms with Crippen molar-refractivity contribution >= 4 is 8.07 Å². The second-order valence-corrected chi connectivity index (χ2v) is 10.1. The highest BCUT2D eigenvalue weighted by atomic mass is 28.3. The molecule has 0 heterocycles. The summed E-state index contributed by atoms with van der Waals surface area (Å²) in [5.41, 5.74) is 1.23. The predicted octanol–water partition coefficient (Wildman–Crippen LogP) is 3.04. The van der Waals surface area contributed by atoms with Gasteiger partial charge in [0.2, 0.25) is 0 Å². The van der Waals surface area contributed by atoms with E-state index in [1.165, 1.54) is 5.57 Å². The second-order valence-electron chi connectivity index (χ2n) is 4.60. The zero-order valence-electron chi connectivity index (χ0n) is 9.02. The van der Waals surface area contributed by atoms with Gasteiger partial charge < -0.3 is 5.11 Å². The van der Waals surface area contributed by atoms with Gasteiger partial charge in [0.05, 0.1) is 6.10 Å². The van der Waals surface area contributed by atoms with Crippen LogP contribution in [0, 0.1) is 0 Å². The highest BCUT2D eigenvalue weighted by Gasteiger charge is 2.17. The standard InChI is InChI=1S/C10H22OSi/c1-6-7-10(9(2)11)8-12(3,4)5/h7,9,11H,6,8H2,1-5H3/b10-7+. The zero-order chi connectivity index (χ0) is 9.78. The van der Waals surface area contributed by atoms with Crippen LogP contribution in [0.3, 0.4) is 0 Å². The summed E-state index contributed by atoms with van der Waals surface area (Å²) < 4.78 is 0. The lowest BCUT2D eigenvalue weighted by Crippen LogP contribution is -2.23.